The van der Waals surface area contributed by atoms with Crippen LogP contribution in [0.1, 0.15) is 38.1 Å². The summed E-state index contributed by atoms with van der Waals surface area (Å²) in [4.78, 5) is 37.8. The van der Waals surface area contributed by atoms with Gasteiger partial charge in [0.05, 0.1) is 16.0 Å². The number of anilines is 2. The number of carbonyl (C=O) groups excluding carboxylic acids is 2. The largest absolute Gasteiger partial charge is 0.490 e. The molecule has 2 aromatic rings. The molecule has 0 saturated heterocycles. The van der Waals surface area contributed by atoms with E-state index < -0.39 is 16.2 Å². The van der Waals surface area contributed by atoms with Gasteiger partial charge in [-0.05, 0) is 44.0 Å². The Morgan fingerprint density at radius 2 is 2.00 bits per heavy atom. The molecule has 0 aromatic heterocycles. The van der Waals surface area contributed by atoms with E-state index in [1.807, 2.05) is 27.7 Å². The molecule has 2 amide bonds. The molecule has 30 heavy (non-hydrogen) atoms. The van der Waals surface area contributed by atoms with Crippen molar-refractivity contribution in [1.82, 2.24) is 0 Å². The van der Waals surface area contributed by atoms with Crippen LogP contribution in [-0.4, -0.2) is 29.9 Å². The van der Waals surface area contributed by atoms with E-state index in [1.54, 1.807) is 23.1 Å². The van der Waals surface area contributed by atoms with Gasteiger partial charge in [0.15, 0.2) is 0 Å². The molecular weight excluding hydrogens is 386 g/mol. The van der Waals surface area contributed by atoms with Crippen molar-refractivity contribution in [2.75, 3.05) is 23.4 Å². The summed E-state index contributed by atoms with van der Waals surface area (Å²) >= 11 is 0. The normalized spacial score (nSPS) is 15.2. The molecular formula is C22H25N3O5. The number of nitro benzene ring substituents is 1. The average Bonchev–Trinajstić information content (AvgIpc) is 2.78. The Morgan fingerprint density at radius 3 is 2.67 bits per heavy atom. The van der Waals surface area contributed by atoms with E-state index in [2.05, 4.69) is 5.32 Å². The lowest BCUT2D eigenvalue weighted by Gasteiger charge is -2.29. The van der Waals surface area contributed by atoms with E-state index in [0.29, 0.717) is 23.7 Å². The number of carbonyl (C=O) groups is 2. The molecule has 1 aliphatic heterocycles. The summed E-state index contributed by atoms with van der Waals surface area (Å²) in [5, 5.41) is 13.7. The number of fused-ring (bicyclic) bond motifs is 1. The highest BCUT2D eigenvalue weighted by Gasteiger charge is 2.38. The lowest BCUT2D eigenvalue weighted by molar-refractivity contribution is -0.384. The van der Waals surface area contributed by atoms with Crippen LogP contribution in [0.3, 0.4) is 0 Å². The smallest absolute Gasteiger partial charge is 0.270 e. The third-order valence-corrected chi connectivity index (χ3v) is 4.79. The summed E-state index contributed by atoms with van der Waals surface area (Å²) in [6.07, 6.45) is 0. The van der Waals surface area contributed by atoms with Gasteiger partial charge < -0.3 is 15.0 Å². The summed E-state index contributed by atoms with van der Waals surface area (Å²) in [6, 6.07) is 10.6. The standard InChI is InChI=1S/C22H25N3O5/c1-14(2)12-24-18-11-16(8-9-19(18)30-13-22(3,4)21(24)27)23-20(26)15-6-5-7-17(10-15)25(28)29/h5-11,14H,12-13H2,1-4H3,(H,23,26). The second kappa shape index (κ2) is 8.14. The average molecular weight is 411 g/mol. The molecule has 3 rings (SSSR count). The highest BCUT2D eigenvalue weighted by atomic mass is 16.6. The fourth-order valence-corrected chi connectivity index (χ4v) is 3.23. The number of hydrogen-bond acceptors (Lipinski definition) is 5. The quantitative estimate of drug-likeness (QED) is 0.585. The zero-order valence-corrected chi connectivity index (χ0v) is 17.5. The van der Waals surface area contributed by atoms with Crippen LogP contribution < -0.4 is 15.0 Å². The molecule has 158 valence electrons. The zero-order valence-electron chi connectivity index (χ0n) is 17.5. The molecule has 1 N–H and O–H groups in total. The van der Waals surface area contributed by atoms with Crippen LogP contribution in [-0.2, 0) is 4.79 Å². The number of nitrogens with one attached hydrogen (secondary N) is 1. The van der Waals surface area contributed by atoms with Crippen LogP contribution in [0.5, 0.6) is 5.75 Å². The van der Waals surface area contributed by atoms with E-state index in [1.165, 1.54) is 24.3 Å². The first-order valence-electron chi connectivity index (χ1n) is 9.73. The Labute approximate surface area is 175 Å². The molecule has 1 heterocycles. The van der Waals surface area contributed by atoms with Crippen molar-refractivity contribution >= 4 is 28.9 Å². The van der Waals surface area contributed by atoms with E-state index in [9.17, 15) is 19.7 Å². The van der Waals surface area contributed by atoms with Crippen LogP contribution in [0.25, 0.3) is 0 Å². The van der Waals surface area contributed by atoms with Gasteiger partial charge in [-0.3, -0.25) is 19.7 Å². The highest BCUT2D eigenvalue weighted by molar-refractivity contribution is 6.05. The molecule has 0 spiro atoms. The lowest BCUT2D eigenvalue weighted by atomic mass is 9.92. The van der Waals surface area contributed by atoms with E-state index >= 15 is 0 Å². The molecule has 8 nitrogen and oxygen atoms in total. The summed E-state index contributed by atoms with van der Waals surface area (Å²) in [7, 11) is 0. The SMILES string of the molecule is CC(C)CN1C(=O)C(C)(C)COc2ccc(NC(=O)c3cccc([N+](=O)[O-])c3)cc21. The lowest BCUT2D eigenvalue weighted by Crippen LogP contribution is -2.43. The van der Waals surface area contributed by atoms with Gasteiger partial charge >= 0.3 is 0 Å². The van der Waals surface area contributed by atoms with Crippen LogP contribution in [0.15, 0.2) is 42.5 Å². The summed E-state index contributed by atoms with van der Waals surface area (Å²) in [5.41, 5.74) is 0.395. The monoisotopic (exact) mass is 411 g/mol. The number of benzene rings is 2. The number of nitrogens with zero attached hydrogens (tertiary/aromatic N) is 2. The summed E-state index contributed by atoms with van der Waals surface area (Å²) in [5.74, 6) is 0.286. The first kappa shape index (κ1) is 21.3. The van der Waals surface area contributed by atoms with E-state index in [-0.39, 0.29) is 29.7 Å². The van der Waals surface area contributed by atoms with E-state index in [0.717, 1.165) is 0 Å². The number of hydrogen-bond donors (Lipinski definition) is 1. The zero-order chi connectivity index (χ0) is 22.1. The number of amides is 2. The summed E-state index contributed by atoms with van der Waals surface area (Å²) < 4.78 is 5.88. The number of rotatable bonds is 5. The van der Waals surface area contributed by atoms with Gasteiger partial charge in [0.2, 0.25) is 5.91 Å². The van der Waals surface area contributed by atoms with Gasteiger partial charge in [0.1, 0.15) is 12.4 Å². The summed E-state index contributed by atoms with van der Waals surface area (Å²) in [6.45, 7) is 8.52. The van der Waals surface area contributed by atoms with Gasteiger partial charge in [-0.2, -0.15) is 0 Å². The Balaban J connectivity index is 1.93. The van der Waals surface area contributed by atoms with Gasteiger partial charge in [-0.25, -0.2) is 0 Å². The van der Waals surface area contributed by atoms with Gasteiger partial charge in [-0.15, -0.1) is 0 Å². The molecule has 0 fully saturated rings. The topological polar surface area (TPSA) is 102 Å². The predicted octanol–water partition coefficient (Wildman–Crippen LogP) is 4.25. The molecule has 0 unspecified atom stereocenters. The Hall–Kier alpha value is -3.42. The number of non-ortho nitro benzene ring substituents is 1. The predicted molar refractivity (Wildman–Crippen MR) is 114 cm³/mol. The number of ether oxygens (including phenoxy) is 1. The van der Waals surface area contributed by atoms with Crippen LogP contribution >= 0.6 is 0 Å². The van der Waals surface area contributed by atoms with Crippen LogP contribution in [0, 0.1) is 21.4 Å². The van der Waals surface area contributed by atoms with E-state index in [4.69, 9.17) is 4.74 Å². The second-order valence-electron chi connectivity index (χ2n) is 8.43. The minimum Gasteiger partial charge on any atom is -0.490 e. The van der Waals surface area contributed by atoms with Gasteiger partial charge in [-0.1, -0.05) is 19.9 Å². The maximum atomic E-state index is 13.1. The molecule has 2 aromatic carbocycles. The third kappa shape index (κ3) is 4.42. The van der Waals surface area contributed by atoms with Crippen molar-refractivity contribution in [3.8, 4) is 5.75 Å². The first-order chi connectivity index (χ1) is 14.1. The number of nitro groups is 1. The van der Waals surface area contributed by atoms with Gasteiger partial charge in [0.25, 0.3) is 11.6 Å². The van der Waals surface area contributed by atoms with Crippen molar-refractivity contribution in [2.45, 2.75) is 27.7 Å². The molecule has 1 aliphatic rings. The third-order valence-electron chi connectivity index (χ3n) is 4.79. The van der Waals surface area contributed by atoms with Crippen molar-refractivity contribution in [1.29, 1.82) is 0 Å². The van der Waals surface area contributed by atoms with Crippen molar-refractivity contribution in [3.63, 3.8) is 0 Å². The Morgan fingerprint density at radius 1 is 1.27 bits per heavy atom. The maximum absolute atomic E-state index is 13.1. The Bertz CT molecular complexity index is 1000. The molecule has 0 atom stereocenters. The molecule has 0 saturated carbocycles. The fraction of sp³-hybridized carbons (Fsp3) is 0.364. The first-order valence-corrected chi connectivity index (χ1v) is 9.73. The second-order valence-corrected chi connectivity index (χ2v) is 8.43. The molecule has 8 heteroatoms. The van der Waals surface area contributed by atoms with Crippen LogP contribution in [0.2, 0.25) is 0 Å². The van der Waals surface area contributed by atoms with Crippen molar-refractivity contribution in [3.05, 3.63) is 58.1 Å². The van der Waals surface area contributed by atoms with Crippen LogP contribution in [0.4, 0.5) is 17.1 Å². The molecule has 0 bridgehead atoms. The fourth-order valence-electron chi connectivity index (χ4n) is 3.23. The molecule has 0 aliphatic carbocycles. The minimum absolute atomic E-state index is 0.0443. The van der Waals surface area contributed by atoms with Gasteiger partial charge in [0, 0.05) is 29.9 Å². The highest BCUT2D eigenvalue weighted by Crippen LogP contribution is 2.38. The maximum Gasteiger partial charge on any atom is 0.270 e. The Kier molecular flexibility index (Phi) is 5.78. The minimum atomic E-state index is -0.680. The molecule has 0 radical (unpaired) electrons. The van der Waals surface area contributed by atoms with Crippen molar-refractivity contribution < 1.29 is 19.2 Å². The van der Waals surface area contributed by atoms with Crippen molar-refractivity contribution in [2.24, 2.45) is 11.3 Å².